The van der Waals surface area contributed by atoms with Crippen LogP contribution >= 0.6 is 11.8 Å². The van der Waals surface area contributed by atoms with Crippen LogP contribution in [0.3, 0.4) is 0 Å². The van der Waals surface area contributed by atoms with Crippen molar-refractivity contribution in [2.75, 3.05) is 6.54 Å². The first-order chi connectivity index (χ1) is 9.26. The quantitative estimate of drug-likeness (QED) is 0.880. The monoisotopic (exact) mass is 276 g/mol. The smallest absolute Gasteiger partial charge is 0.195 e. The number of nitrogens with zero attached hydrogens (tertiary/aromatic N) is 3. The number of aromatic nitrogens is 3. The molecule has 102 valence electrons. The first kappa shape index (κ1) is 14.1. The van der Waals surface area contributed by atoms with Crippen LogP contribution in [0.4, 0.5) is 0 Å². The molecule has 0 saturated heterocycles. The lowest BCUT2D eigenvalue weighted by Gasteiger charge is -2.19. The van der Waals surface area contributed by atoms with Crippen molar-refractivity contribution in [3.8, 4) is 0 Å². The number of hydrogen-bond acceptors (Lipinski definition) is 4. The Kier molecular flexibility index (Phi) is 4.99. The minimum Gasteiger partial charge on any atom is -0.311 e. The van der Waals surface area contributed by atoms with Gasteiger partial charge in [0.2, 0.25) is 0 Å². The molecular weight excluding hydrogens is 256 g/mol. The largest absolute Gasteiger partial charge is 0.311 e. The van der Waals surface area contributed by atoms with E-state index < -0.39 is 0 Å². The van der Waals surface area contributed by atoms with Crippen molar-refractivity contribution < 1.29 is 0 Å². The molecule has 1 N–H and O–H groups in total. The van der Waals surface area contributed by atoms with Crippen LogP contribution < -0.4 is 5.32 Å². The zero-order valence-corrected chi connectivity index (χ0v) is 12.4. The maximum absolute atomic E-state index is 4.14. The van der Waals surface area contributed by atoms with Gasteiger partial charge in [0.1, 0.15) is 6.33 Å². The highest BCUT2D eigenvalue weighted by atomic mass is 32.2. The average Bonchev–Trinajstić information content (AvgIpc) is 2.83. The van der Waals surface area contributed by atoms with Gasteiger partial charge in [0.25, 0.3) is 0 Å². The molecule has 4 nitrogen and oxygen atoms in total. The van der Waals surface area contributed by atoms with Gasteiger partial charge in [-0.3, -0.25) is 0 Å². The van der Waals surface area contributed by atoms with E-state index >= 15 is 0 Å². The molecule has 2 rings (SSSR count). The van der Waals surface area contributed by atoms with Gasteiger partial charge in [-0.1, -0.05) is 32.0 Å². The molecule has 19 heavy (non-hydrogen) atoms. The van der Waals surface area contributed by atoms with Gasteiger partial charge in [0, 0.05) is 18.0 Å². The van der Waals surface area contributed by atoms with E-state index in [4.69, 9.17) is 0 Å². The molecule has 0 aliphatic carbocycles. The van der Waals surface area contributed by atoms with Gasteiger partial charge in [-0.2, -0.15) is 0 Å². The minimum absolute atomic E-state index is 0.391. The van der Waals surface area contributed by atoms with Crippen molar-refractivity contribution in [1.29, 1.82) is 0 Å². The minimum atomic E-state index is 0.391. The van der Waals surface area contributed by atoms with Crippen LogP contribution in [0.2, 0.25) is 0 Å². The van der Waals surface area contributed by atoms with Gasteiger partial charge < -0.3 is 9.88 Å². The number of aryl methyl sites for hydroxylation is 1. The molecule has 0 aliphatic rings. The Morgan fingerprint density at radius 2 is 2.11 bits per heavy atom. The lowest BCUT2D eigenvalue weighted by molar-refractivity contribution is 0.530. The van der Waals surface area contributed by atoms with Gasteiger partial charge >= 0.3 is 0 Å². The Labute approximate surface area is 118 Å². The Morgan fingerprint density at radius 1 is 1.32 bits per heavy atom. The maximum atomic E-state index is 4.14. The summed E-state index contributed by atoms with van der Waals surface area (Å²) in [5.74, 6) is 0. The van der Waals surface area contributed by atoms with E-state index in [2.05, 4.69) is 53.6 Å². The SMILES string of the molecule is CCNC(CC)c1ccccc1Sc1nncn1C. The summed E-state index contributed by atoms with van der Waals surface area (Å²) < 4.78 is 1.94. The average molecular weight is 276 g/mol. The Balaban J connectivity index is 2.27. The zero-order valence-electron chi connectivity index (χ0n) is 11.6. The molecule has 1 unspecified atom stereocenters. The van der Waals surface area contributed by atoms with Crippen LogP contribution in [0, 0.1) is 0 Å². The lowest BCUT2D eigenvalue weighted by Crippen LogP contribution is -2.20. The molecule has 0 amide bonds. The first-order valence-electron chi connectivity index (χ1n) is 6.60. The van der Waals surface area contributed by atoms with Gasteiger partial charge in [-0.05, 0) is 36.4 Å². The Bertz CT molecular complexity index is 524. The standard InChI is InChI=1S/C14H20N4S/c1-4-12(15-5-2)11-8-6-7-9-13(11)19-14-17-16-10-18(14)3/h6-10,12,15H,4-5H2,1-3H3. The van der Waals surface area contributed by atoms with E-state index in [0.29, 0.717) is 6.04 Å². The van der Waals surface area contributed by atoms with Gasteiger partial charge in [0.05, 0.1) is 0 Å². The van der Waals surface area contributed by atoms with E-state index in [-0.39, 0.29) is 0 Å². The second kappa shape index (κ2) is 6.73. The third-order valence-electron chi connectivity index (χ3n) is 3.02. The molecule has 1 aromatic heterocycles. The maximum Gasteiger partial charge on any atom is 0.195 e. The summed E-state index contributed by atoms with van der Waals surface area (Å²) in [4.78, 5) is 1.24. The van der Waals surface area contributed by atoms with Crippen LogP contribution in [0.5, 0.6) is 0 Å². The van der Waals surface area contributed by atoms with Gasteiger partial charge in [-0.15, -0.1) is 10.2 Å². The fourth-order valence-electron chi connectivity index (χ4n) is 2.05. The van der Waals surface area contributed by atoms with E-state index in [9.17, 15) is 0 Å². The third kappa shape index (κ3) is 3.36. The molecule has 0 saturated carbocycles. The van der Waals surface area contributed by atoms with E-state index in [1.54, 1.807) is 18.1 Å². The van der Waals surface area contributed by atoms with Crippen molar-refractivity contribution in [3.05, 3.63) is 36.2 Å². The molecule has 1 atom stereocenters. The molecule has 5 heteroatoms. The summed E-state index contributed by atoms with van der Waals surface area (Å²) in [6.45, 7) is 5.32. The highest BCUT2D eigenvalue weighted by Crippen LogP contribution is 2.32. The van der Waals surface area contributed by atoms with Crippen LogP contribution in [-0.4, -0.2) is 21.3 Å². The molecule has 0 spiro atoms. The molecule has 0 aliphatic heterocycles. The molecule has 0 fully saturated rings. The topological polar surface area (TPSA) is 42.7 Å². The second-order valence-corrected chi connectivity index (χ2v) is 5.39. The van der Waals surface area contributed by atoms with Crippen LogP contribution in [0.1, 0.15) is 31.9 Å². The van der Waals surface area contributed by atoms with Crippen LogP contribution in [0.25, 0.3) is 0 Å². The normalized spacial score (nSPS) is 12.6. The Hall–Kier alpha value is -1.33. The zero-order chi connectivity index (χ0) is 13.7. The van der Waals surface area contributed by atoms with Crippen LogP contribution in [0.15, 0.2) is 40.6 Å². The second-order valence-electron chi connectivity index (χ2n) is 4.38. The summed E-state index contributed by atoms with van der Waals surface area (Å²) >= 11 is 1.67. The highest BCUT2D eigenvalue weighted by Gasteiger charge is 2.14. The van der Waals surface area contributed by atoms with Crippen molar-refractivity contribution in [2.45, 2.75) is 36.4 Å². The Morgan fingerprint density at radius 3 is 2.74 bits per heavy atom. The van der Waals surface area contributed by atoms with Crippen molar-refractivity contribution in [1.82, 2.24) is 20.1 Å². The summed E-state index contributed by atoms with van der Waals surface area (Å²) in [5, 5.41) is 12.5. The molecule has 0 bridgehead atoms. The van der Waals surface area contributed by atoms with E-state index in [0.717, 1.165) is 18.1 Å². The van der Waals surface area contributed by atoms with Gasteiger partial charge in [0.15, 0.2) is 5.16 Å². The lowest BCUT2D eigenvalue weighted by atomic mass is 10.0. The molecule has 1 aromatic carbocycles. The number of rotatable bonds is 6. The molecule has 2 aromatic rings. The number of hydrogen-bond donors (Lipinski definition) is 1. The summed E-state index contributed by atoms with van der Waals surface area (Å²) in [6, 6.07) is 8.89. The van der Waals surface area contributed by atoms with Crippen molar-refractivity contribution in [2.24, 2.45) is 7.05 Å². The van der Waals surface area contributed by atoms with E-state index in [1.807, 2.05) is 11.6 Å². The molecule has 0 radical (unpaired) electrons. The van der Waals surface area contributed by atoms with Crippen LogP contribution in [-0.2, 0) is 7.05 Å². The fourth-order valence-corrected chi connectivity index (χ4v) is 3.00. The summed E-state index contributed by atoms with van der Waals surface area (Å²) in [7, 11) is 1.96. The number of nitrogens with one attached hydrogen (secondary N) is 1. The summed E-state index contributed by atoms with van der Waals surface area (Å²) in [6.07, 6.45) is 2.80. The van der Waals surface area contributed by atoms with Crippen molar-refractivity contribution in [3.63, 3.8) is 0 Å². The molecular formula is C14H20N4S. The third-order valence-corrected chi connectivity index (χ3v) is 4.17. The van der Waals surface area contributed by atoms with Crippen molar-refractivity contribution >= 4 is 11.8 Å². The van der Waals surface area contributed by atoms with Gasteiger partial charge in [-0.25, -0.2) is 0 Å². The number of benzene rings is 1. The highest BCUT2D eigenvalue weighted by molar-refractivity contribution is 7.99. The summed E-state index contributed by atoms with van der Waals surface area (Å²) in [5.41, 5.74) is 1.33. The van der Waals surface area contributed by atoms with E-state index in [1.165, 1.54) is 10.5 Å². The predicted octanol–water partition coefficient (Wildman–Crippen LogP) is 3.03. The molecule has 1 heterocycles. The first-order valence-corrected chi connectivity index (χ1v) is 7.42. The fraction of sp³-hybridized carbons (Fsp3) is 0.429. The predicted molar refractivity (Wildman–Crippen MR) is 78.3 cm³/mol.